The normalized spacial score (nSPS) is 16.4. The third-order valence-electron chi connectivity index (χ3n) is 4.37. The second kappa shape index (κ2) is 12.5. The Morgan fingerprint density at radius 1 is 1.28 bits per heavy atom. The van der Waals surface area contributed by atoms with Gasteiger partial charge in [0.25, 0.3) is 0 Å². The van der Waals surface area contributed by atoms with Gasteiger partial charge in [-0.2, -0.15) is 0 Å². The van der Waals surface area contributed by atoms with E-state index in [-0.39, 0.29) is 24.0 Å². The Hall–Kier alpha value is -0.830. The van der Waals surface area contributed by atoms with Crippen molar-refractivity contribution < 1.29 is 9.26 Å². The van der Waals surface area contributed by atoms with Crippen LogP contribution in [0.5, 0.6) is 0 Å². The smallest absolute Gasteiger partial charge is 0.191 e. The van der Waals surface area contributed by atoms with Gasteiger partial charge in [0.1, 0.15) is 0 Å². The quantitative estimate of drug-likeness (QED) is 0.211. The zero-order valence-corrected chi connectivity index (χ0v) is 18.0. The Kier molecular flexibility index (Phi) is 11.1. The van der Waals surface area contributed by atoms with Crippen LogP contribution < -0.4 is 10.6 Å². The molecule has 6 nitrogen and oxygen atoms in total. The van der Waals surface area contributed by atoms with E-state index in [4.69, 9.17) is 9.26 Å². The van der Waals surface area contributed by atoms with E-state index in [0.717, 1.165) is 24.0 Å². The molecule has 1 aromatic heterocycles. The number of aromatic nitrogens is 1. The molecule has 0 unspecified atom stereocenters. The van der Waals surface area contributed by atoms with Crippen LogP contribution in [0.3, 0.4) is 0 Å². The first-order valence-corrected chi connectivity index (χ1v) is 9.20. The molecule has 0 aliphatic heterocycles. The number of nitrogens with one attached hydrogen (secondary N) is 2. The molecule has 0 aromatic carbocycles. The molecule has 0 radical (unpaired) electrons. The zero-order chi connectivity index (χ0) is 17.2. The van der Waals surface area contributed by atoms with Gasteiger partial charge in [0.2, 0.25) is 0 Å². The number of rotatable bonds is 7. The maximum atomic E-state index is 5.98. The van der Waals surface area contributed by atoms with Crippen molar-refractivity contribution in [2.24, 2.45) is 4.99 Å². The number of halogens is 1. The average molecular weight is 464 g/mol. The first-order chi connectivity index (χ1) is 11.7. The molecule has 0 amide bonds. The number of guanidine groups is 1. The third kappa shape index (κ3) is 8.40. The van der Waals surface area contributed by atoms with Gasteiger partial charge in [-0.05, 0) is 18.8 Å². The van der Waals surface area contributed by atoms with Gasteiger partial charge < -0.3 is 19.9 Å². The van der Waals surface area contributed by atoms with Crippen LogP contribution in [0.1, 0.15) is 69.7 Å². The molecule has 1 heterocycles. The Balaban J connectivity index is 0.00000312. The van der Waals surface area contributed by atoms with Crippen LogP contribution in [0.15, 0.2) is 15.6 Å². The summed E-state index contributed by atoms with van der Waals surface area (Å²) in [6.45, 7) is 6.24. The van der Waals surface area contributed by atoms with Gasteiger partial charge in [0.05, 0.1) is 24.9 Å². The van der Waals surface area contributed by atoms with Crippen LogP contribution >= 0.6 is 24.0 Å². The summed E-state index contributed by atoms with van der Waals surface area (Å²) in [7, 11) is 1.77. The van der Waals surface area contributed by atoms with Gasteiger partial charge in [0.15, 0.2) is 11.7 Å². The fraction of sp³-hybridized carbons (Fsp3) is 0.778. The van der Waals surface area contributed by atoms with Crippen molar-refractivity contribution in [3.8, 4) is 0 Å². The molecular weight excluding hydrogens is 431 g/mol. The van der Waals surface area contributed by atoms with Crippen LogP contribution in [-0.2, 0) is 11.3 Å². The topological polar surface area (TPSA) is 71.7 Å². The molecule has 0 atom stereocenters. The SMILES string of the molecule is CN=C(NCCOC1CCCCCC1)NCc1cc(C(C)C)no1.I. The van der Waals surface area contributed by atoms with Gasteiger partial charge in [-0.1, -0.05) is 44.7 Å². The Morgan fingerprint density at radius 3 is 2.60 bits per heavy atom. The highest BCUT2D eigenvalue weighted by Crippen LogP contribution is 2.19. The second-order valence-electron chi connectivity index (χ2n) is 6.71. The minimum atomic E-state index is 0. The minimum absolute atomic E-state index is 0. The van der Waals surface area contributed by atoms with Crippen LogP contribution in [0.4, 0.5) is 0 Å². The van der Waals surface area contributed by atoms with E-state index in [9.17, 15) is 0 Å². The number of ether oxygens (including phenoxy) is 1. The standard InChI is InChI=1S/C18H32N4O2.HI/c1-14(2)17-12-16(24-22-17)13-21-18(19-3)20-10-11-23-15-8-6-4-5-7-9-15;/h12,14-15H,4-11,13H2,1-3H3,(H2,19,20,21);1H. The molecule has 0 spiro atoms. The Labute approximate surface area is 168 Å². The molecule has 1 aromatic rings. The summed E-state index contributed by atoms with van der Waals surface area (Å²) in [6, 6.07) is 1.99. The summed E-state index contributed by atoms with van der Waals surface area (Å²) in [5, 5.41) is 10.6. The lowest BCUT2D eigenvalue weighted by molar-refractivity contribution is 0.0468. The molecule has 1 saturated carbocycles. The maximum absolute atomic E-state index is 5.98. The number of nitrogens with zero attached hydrogens (tertiary/aromatic N) is 2. The molecule has 0 bridgehead atoms. The van der Waals surface area contributed by atoms with E-state index < -0.39 is 0 Å². The van der Waals surface area contributed by atoms with Crippen LogP contribution in [0.25, 0.3) is 0 Å². The average Bonchev–Trinajstić information content (AvgIpc) is 2.91. The monoisotopic (exact) mass is 464 g/mol. The number of aliphatic imine (C=N–C) groups is 1. The van der Waals surface area contributed by atoms with E-state index in [2.05, 4.69) is 34.6 Å². The van der Waals surface area contributed by atoms with Crippen molar-refractivity contribution in [1.29, 1.82) is 0 Å². The van der Waals surface area contributed by atoms with Crippen molar-refractivity contribution in [2.75, 3.05) is 20.2 Å². The van der Waals surface area contributed by atoms with Gasteiger partial charge >= 0.3 is 0 Å². The first kappa shape index (κ1) is 22.2. The summed E-state index contributed by atoms with van der Waals surface area (Å²) in [4.78, 5) is 4.22. The summed E-state index contributed by atoms with van der Waals surface area (Å²) in [5.74, 6) is 1.94. The maximum Gasteiger partial charge on any atom is 0.191 e. The van der Waals surface area contributed by atoms with Gasteiger partial charge in [-0.25, -0.2) is 0 Å². The van der Waals surface area contributed by atoms with E-state index in [0.29, 0.717) is 25.2 Å². The molecule has 25 heavy (non-hydrogen) atoms. The number of hydrogen-bond acceptors (Lipinski definition) is 4. The first-order valence-electron chi connectivity index (χ1n) is 9.20. The van der Waals surface area contributed by atoms with E-state index in [1.54, 1.807) is 7.05 Å². The van der Waals surface area contributed by atoms with Gasteiger partial charge in [-0.15, -0.1) is 24.0 Å². The molecule has 0 saturated heterocycles. The molecule has 1 aliphatic carbocycles. The van der Waals surface area contributed by atoms with E-state index in [1.807, 2.05) is 6.07 Å². The van der Waals surface area contributed by atoms with Crippen molar-refractivity contribution in [3.05, 3.63) is 17.5 Å². The van der Waals surface area contributed by atoms with Crippen molar-refractivity contribution in [2.45, 2.75) is 70.9 Å². The summed E-state index contributed by atoms with van der Waals surface area (Å²) in [6.07, 6.45) is 8.16. The van der Waals surface area contributed by atoms with E-state index >= 15 is 0 Å². The largest absolute Gasteiger partial charge is 0.376 e. The van der Waals surface area contributed by atoms with Gasteiger partial charge in [0, 0.05) is 19.7 Å². The number of hydrogen-bond donors (Lipinski definition) is 2. The van der Waals surface area contributed by atoms with Crippen molar-refractivity contribution >= 4 is 29.9 Å². The molecule has 1 aliphatic rings. The van der Waals surface area contributed by atoms with Crippen molar-refractivity contribution in [1.82, 2.24) is 15.8 Å². The third-order valence-corrected chi connectivity index (χ3v) is 4.37. The lowest BCUT2D eigenvalue weighted by Gasteiger charge is -2.16. The summed E-state index contributed by atoms with van der Waals surface area (Å²) in [5.41, 5.74) is 0.978. The van der Waals surface area contributed by atoms with Crippen molar-refractivity contribution in [3.63, 3.8) is 0 Å². The van der Waals surface area contributed by atoms with Crippen LogP contribution in [0, 0.1) is 0 Å². The molecule has 2 rings (SSSR count). The summed E-state index contributed by atoms with van der Waals surface area (Å²) < 4.78 is 11.3. The lowest BCUT2D eigenvalue weighted by atomic mass is 10.1. The fourth-order valence-electron chi connectivity index (χ4n) is 2.88. The highest BCUT2D eigenvalue weighted by Gasteiger charge is 2.12. The Morgan fingerprint density at radius 2 is 2.00 bits per heavy atom. The van der Waals surface area contributed by atoms with Crippen LogP contribution in [0.2, 0.25) is 0 Å². The highest BCUT2D eigenvalue weighted by atomic mass is 127. The molecule has 1 fully saturated rings. The van der Waals surface area contributed by atoms with Crippen LogP contribution in [-0.4, -0.2) is 37.4 Å². The summed E-state index contributed by atoms with van der Waals surface area (Å²) >= 11 is 0. The highest BCUT2D eigenvalue weighted by molar-refractivity contribution is 14.0. The predicted octanol–water partition coefficient (Wildman–Crippen LogP) is 3.82. The lowest BCUT2D eigenvalue weighted by Crippen LogP contribution is -2.38. The van der Waals surface area contributed by atoms with E-state index in [1.165, 1.54) is 38.5 Å². The Bertz CT molecular complexity index is 497. The molecular formula is C18H33IN4O2. The predicted molar refractivity (Wildman–Crippen MR) is 112 cm³/mol. The minimum Gasteiger partial charge on any atom is -0.376 e. The second-order valence-corrected chi connectivity index (χ2v) is 6.71. The fourth-order valence-corrected chi connectivity index (χ4v) is 2.88. The molecule has 144 valence electrons. The molecule has 2 N–H and O–H groups in total. The zero-order valence-electron chi connectivity index (χ0n) is 15.7. The molecule has 7 heteroatoms. The van der Waals surface area contributed by atoms with Gasteiger partial charge in [-0.3, -0.25) is 4.99 Å².